The molecule has 0 atom stereocenters. The number of amides is 2. The second-order valence-corrected chi connectivity index (χ2v) is 8.18. The van der Waals surface area contributed by atoms with E-state index >= 15 is 0 Å². The van der Waals surface area contributed by atoms with Crippen molar-refractivity contribution in [3.8, 4) is 5.75 Å². The van der Waals surface area contributed by atoms with Gasteiger partial charge in [0.25, 0.3) is 5.91 Å². The zero-order valence-corrected chi connectivity index (χ0v) is 19.7. The van der Waals surface area contributed by atoms with E-state index in [9.17, 15) is 9.59 Å². The molecule has 36 heavy (non-hydrogen) atoms. The minimum atomic E-state index is -0.701. The molecule has 1 saturated heterocycles. The molecule has 0 aliphatic carbocycles. The number of benzene rings is 4. The molecule has 0 unspecified atom stereocenters. The minimum absolute atomic E-state index is 0.00868. The number of imide groups is 1. The van der Waals surface area contributed by atoms with E-state index in [2.05, 4.69) is 29.2 Å². The first-order chi connectivity index (χ1) is 17.6. The van der Waals surface area contributed by atoms with E-state index in [0.717, 1.165) is 33.1 Å². The maximum Gasteiger partial charge on any atom is 0.422 e. The molecule has 0 bridgehead atoms. The van der Waals surface area contributed by atoms with Crippen LogP contribution in [0.2, 0.25) is 0 Å². The number of hydrogen-bond acceptors (Lipinski definition) is 5. The zero-order valence-electron chi connectivity index (χ0n) is 19.7. The molecule has 0 radical (unpaired) electrons. The number of nitrogens with zero attached hydrogens (tertiary/aromatic N) is 2. The van der Waals surface area contributed by atoms with Crippen molar-refractivity contribution in [2.45, 2.75) is 6.54 Å². The molecule has 1 heterocycles. The Labute approximate surface area is 209 Å². The molecule has 4 aromatic rings. The van der Waals surface area contributed by atoms with E-state index < -0.39 is 12.0 Å². The molecule has 178 valence electrons. The summed E-state index contributed by atoms with van der Waals surface area (Å²) in [6.45, 7) is 0.0705. The van der Waals surface area contributed by atoms with Crippen molar-refractivity contribution >= 4 is 35.1 Å². The van der Waals surface area contributed by atoms with Crippen LogP contribution in [0.15, 0.2) is 115 Å². The number of carbonyl (C=O) groups excluding carboxylic acids is 2. The monoisotopic (exact) mass is 476 g/mol. The van der Waals surface area contributed by atoms with Crippen LogP contribution in [0.4, 0.5) is 21.9 Å². The lowest BCUT2D eigenvalue weighted by atomic mass is 10.1. The number of para-hydroxylation sites is 3. The van der Waals surface area contributed by atoms with E-state index in [4.69, 9.17) is 9.47 Å². The maximum absolute atomic E-state index is 12.9. The molecule has 1 aliphatic heterocycles. The summed E-state index contributed by atoms with van der Waals surface area (Å²) in [5, 5.41) is 0. The first-order valence-corrected chi connectivity index (χ1v) is 11.5. The Hall–Kier alpha value is -4.84. The summed E-state index contributed by atoms with van der Waals surface area (Å²) in [6, 6.07) is 35.2. The van der Waals surface area contributed by atoms with E-state index in [1.165, 1.54) is 0 Å². The molecular formula is C30H24N2O4. The van der Waals surface area contributed by atoms with Gasteiger partial charge in [0.15, 0.2) is 5.76 Å². The van der Waals surface area contributed by atoms with Gasteiger partial charge in [-0.1, -0.05) is 66.7 Å². The Bertz CT molecular complexity index is 1360. The van der Waals surface area contributed by atoms with Crippen molar-refractivity contribution in [3.63, 3.8) is 0 Å². The molecule has 1 fully saturated rings. The third-order valence-corrected chi connectivity index (χ3v) is 5.87. The predicted molar refractivity (Wildman–Crippen MR) is 139 cm³/mol. The van der Waals surface area contributed by atoms with Crippen molar-refractivity contribution in [1.29, 1.82) is 0 Å². The fourth-order valence-electron chi connectivity index (χ4n) is 4.11. The largest absolute Gasteiger partial charge is 0.496 e. The summed E-state index contributed by atoms with van der Waals surface area (Å²) < 4.78 is 10.6. The first-order valence-electron chi connectivity index (χ1n) is 11.5. The summed E-state index contributed by atoms with van der Waals surface area (Å²) in [7, 11) is 1.55. The van der Waals surface area contributed by atoms with Crippen molar-refractivity contribution < 1.29 is 19.1 Å². The number of carbonyl (C=O) groups is 2. The zero-order chi connectivity index (χ0) is 24.9. The highest BCUT2D eigenvalue weighted by molar-refractivity contribution is 6.09. The van der Waals surface area contributed by atoms with E-state index in [-0.39, 0.29) is 12.3 Å². The average Bonchev–Trinajstić information content (AvgIpc) is 3.18. The summed E-state index contributed by atoms with van der Waals surface area (Å²) in [5.74, 6) is 0.114. The minimum Gasteiger partial charge on any atom is -0.496 e. The second kappa shape index (κ2) is 10.2. The third kappa shape index (κ3) is 4.70. The lowest BCUT2D eigenvalue weighted by Crippen LogP contribution is -2.28. The molecule has 0 aromatic heterocycles. The lowest BCUT2D eigenvalue weighted by Gasteiger charge is -2.25. The quantitative estimate of drug-likeness (QED) is 0.278. The molecule has 0 spiro atoms. The number of ether oxygens (including phenoxy) is 2. The Morgan fingerprint density at radius 1 is 0.750 bits per heavy atom. The van der Waals surface area contributed by atoms with Crippen LogP contribution in [0, 0.1) is 0 Å². The van der Waals surface area contributed by atoms with Crippen molar-refractivity contribution in [3.05, 3.63) is 126 Å². The van der Waals surface area contributed by atoms with Gasteiger partial charge in [-0.05, 0) is 54.1 Å². The van der Waals surface area contributed by atoms with Gasteiger partial charge in [0.2, 0.25) is 0 Å². The van der Waals surface area contributed by atoms with Gasteiger partial charge < -0.3 is 14.4 Å². The normalized spacial score (nSPS) is 14.1. The number of cyclic esters (lactones) is 1. The van der Waals surface area contributed by atoms with Crippen LogP contribution in [0.5, 0.6) is 5.75 Å². The molecule has 2 amide bonds. The van der Waals surface area contributed by atoms with Gasteiger partial charge in [-0.15, -0.1) is 0 Å². The van der Waals surface area contributed by atoms with Gasteiger partial charge in [-0.2, -0.15) is 0 Å². The molecule has 4 aromatic carbocycles. The molecule has 0 N–H and O–H groups in total. The van der Waals surface area contributed by atoms with Gasteiger partial charge in [0, 0.05) is 22.6 Å². The Morgan fingerprint density at radius 3 is 1.92 bits per heavy atom. The van der Waals surface area contributed by atoms with Crippen molar-refractivity contribution in [1.82, 2.24) is 4.90 Å². The number of hydrogen-bond donors (Lipinski definition) is 0. The molecule has 6 nitrogen and oxygen atoms in total. The highest BCUT2D eigenvalue weighted by atomic mass is 16.6. The first kappa shape index (κ1) is 22.9. The van der Waals surface area contributed by atoms with Crippen molar-refractivity contribution in [2.75, 3.05) is 12.0 Å². The summed E-state index contributed by atoms with van der Waals surface area (Å²) in [4.78, 5) is 28.6. The van der Waals surface area contributed by atoms with Crippen LogP contribution in [-0.2, 0) is 16.1 Å². The van der Waals surface area contributed by atoms with Crippen molar-refractivity contribution in [2.24, 2.45) is 0 Å². The topological polar surface area (TPSA) is 59.1 Å². The smallest absolute Gasteiger partial charge is 0.422 e. The van der Waals surface area contributed by atoms with Gasteiger partial charge in [-0.3, -0.25) is 4.79 Å². The van der Waals surface area contributed by atoms with Crippen LogP contribution < -0.4 is 9.64 Å². The van der Waals surface area contributed by atoms with Crippen LogP contribution in [-0.4, -0.2) is 24.0 Å². The van der Waals surface area contributed by atoms with Crippen LogP contribution >= 0.6 is 0 Å². The van der Waals surface area contributed by atoms with E-state index in [1.54, 1.807) is 19.3 Å². The number of methoxy groups -OCH3 is 1. The third-order valence-electron chi connectivity index (χ3n) is 5.87. The number of rotatable bonds is 7. The number of anilines is 3. The highest BCUT2D eigenvalue weighted by Crippen LogP contribution is 2.34. The standard InChI is InChI=1S/C30H24N2O4/c1-35-27-15-9-8-10-23(27)21-31-29(33)28(36-30(31)34)20-22-16-18-26(19-17-22)32(24-11-4-2-5-12-24)25-13-6-3-7-14-25/h2-20H,21H2,1H3/b28-20+. The second-order valence-electron chi connectivity index (χ2n) is 8.18. The Kier molecular flexibility index (Phi) is 6.49. The fraction of sp³-hybridized carbons (Fsp3) is 0.0667. The van der Waals surface area contributed by atoms with Gasteiger partial charge >= 0.3 is 6.09 Å². The van der Waals surface area contributed by atoms with Crippen LogP contribution in [0.3, 0.4) is 0 Å². The Balaban J connectivity index is 1.39. The molecular weight excluding hydrogens is 452 g/mol. The molecule has 1 aliphatic rings. The van der Waals surface area contributed by atoms with E-state index in [0.29, 0.717) is 5.75 Å². The summed E-state index contributed by atoms with van der Waals surface area (Å²) >= 11 is 0. The van der Waals surface area contributed by atoms with Crippen LogP contribution in [0.1, 0.15) is 11.1 Å². The SMILES string of the molecule is COc1ccccc1CN1C(=O)O/C(=C/c2ccc(N(c3ccccc3)c3ccccc3)cc2)C1=O. The molecule has 6 heteroatoms. The van der Waals surface area contributed by atoms with Gasteiger partial charge in [-0.25, -0.2) is 9.69 Å². The summed E-state index contributed by atoms with van der Waals surface area (Å²) in [5.41, 5.74) is 4.48. The van der Waals surface area contributed by atoms with E-state index in [1.807, 2.05) is 78.9 Å². The lowest BCUT2D eigenvalue weighted by molar-refractivity contribution is -0.123. The fourth-order valence-corrected chi connectivity index (χ4v) is 4.11. The van der Waals surface area contributed by atoms with Gasteiger partial charge in [0.1, 0.15) is 5.75 Å². The molecule has 5 rings (SSSR count). The average molecular weight is 477 g/mol. The van der Waals surface area contributed by atoms with Crippen LogP contribution in [0.25, 0.3) is 6.08 Å². The summed E-state index contributed by atoms with van der Waals surface area (Å²) in [6.07, 6.45) is 0.884. The highest BCUT2D eigenvalue weighted by Gasteiger charge is 2.36. The predicted octanol–water partition coefficient (Wildman–Crippen LogP) is 6.68. The Morgan fingerprint density at radius 2 is 1.31 bits per heavy atom. The molecule has 0 saturated carbocycles. The van der Waals surface area contributed by atoms with Gasteiger partial charge in [0.05, 0.1) is 13.7 Å². The maximum atomic E-state index is 12.9.